The van der Waals surface area contributed by atoms with Crippen LogP contribution in [-0.4, -0.2) is 20.0 Å². The molecule has 3 aromatic rings. The van der Waals surface area contributed by atoms with Crippen LogP contribution in [0.1, 0.15) is 11.3 Å². The molecule has 106 valence electrons. The maximum atomic E-state index is 11.3. The second-order valence-electron chi connectivity index (χ2n) is 4.63. The molecule has 3 N–H and O–H groups in total. The Bertz CT molecular complexity index is 850. The third-order valence-electron chi connectivity index (χ3n) is 3.15. The fraction of sp³-hybridized carbons (Fsp3) is 0. The van der Waals surface area contributed by atoms with Gasteiger partial charge in [-0.1, -0.05) is 36.4 Å². The lowest BCUT2D eigenvalue weighted by Crippen LogP contribution is -2.02. The van der Waals surface area contributed by atoms with Crippen molar-refractivity contribution >= 4 is 36.0 Å². The van der Waals surface area contributed by atoms with Crippen LogP contribution in [0.2, 0.25) is 0 Å². The van der Waals surface area contributed by atoms with Gasteiger partial charge in [-0.3, -0.25) is 9.66 Å². The van der Waals surface area contributed by atoms with Gasteiger partial charge in [-0.2, -0.15) is 5.10 Å². The van der Waals surface area contributed by atoms with E-state index >= 15 is 0 Å². The van der Waals surface area contributed by atoms with Gasteiger partial charge in [0, 0.05) is 5.39 Å². The Hall–Kier alpha value is -2.20. The standard InChI is InChI=1S/C15H13N2O3P/c18-21(19,20)12-7-9-15-13(10-12)14(16-17-15)8-6-11-4-2-1-3-5-11/h1-10H,(H,16,17)(H2,18,19,20). The van der Waals surface area contributed by atoms with Crippen molar-refractivity contribution in [1.29, 1.82) is 0 Å². The largest absolute Gasteiger partial charge is 0.356 e. The predicted octanol–water partition coefficient (Wildman–Crippen LogP) is 2.54. The monoisotopic (exact) mass is 300 g/mol. The van der Waals surface area contributed by atoms with Gasteiger partial charge >= 0.3 is 7.60 Å². The van der Waals surface area contributed by atoms with E-state index < -0.39 is 7.60 Å². The van der Waals surface area contributed by atoms with Crippen LogP contribution < -0.4 is 5.30 Å². The topological polar surface area (TPSA) is 86.2 Å². The van der Waals surface area contributed by atoms with Gasteiger partial charge in [0.25, 0.3) is 0 Å². The van der Waals surface area contributed by atoms with Crippen LogP contribution in [0.4, 0.5) is 0 Å². The van der Waals surface area contributed by atoms with Gasteiger partial charge in [0.15, 0.2) is 0 Å². The average Bonchev–Trinajstić information content (AvgIpc) is 2.87. The van der Waals surface area contributed by atoms with Crippen molar-refractivity contribution < 1.29 is 14.4 Å². The first-order valence-corrected chi connectivity index (χ1v) is 7.93. The SMILES string of the molecule is O=P(O)(O)c1ccc2n[nH]c(C=Cc3ccccc3)c2c1. The van der Waals surface area contributed by atoms with E-state index in [0.717, 1.165) is 5.56 Å². The first-order chi connectivity index (χ1) is 10.0. The number of H-pyrrole nitrogens is 1. The number of hydrogen-bond acceptors (Lipinski definition) is 2. The van der Waals surface area contributed by atoms with Crippen LogP contribution in [0.5, 0.6) is 0 Å². The highest BCUT2D eigenvalue weighted by molar-refractivity contribution is 7.60. The molecule has 0 saturated heterocycles. The van der Waals surface area contributed by atoms with Crippen molar-refractivity contribution in [1.82, 2.24) is 10.2 Å². The van der Waals surface area contributed by atoms with Crippen molar-refractivity contribution in [3.8, 4) is 0 Å². The van der Waals surface area contributed by atoms with Crippen LogP contribution >= 0.6 is 7.60 Å². The van der Waals surface area contributed by atoms with Gasteiger partial charge in [-0.05, 0) is 29.8 Å². The summed E-state index contributed by atoms with van der Waals surface area (Å²) in [4.78, 5) is 18.5. The molecule has 5 nitrogen and oxygen atoms in total. The van der Waals surface area contributed by atoms with Crippen LogP contribution in [-0.2, 0) is 4.57 Å². The van der Waals surface area contributed by atoms with Crippen molar-refractivity contribution in [2.24, 2.45) is 0 Å². The van der Waals surface area contributed by atoms with Gasteiger partial charge in [0.2, 0.25) is 0 Å². The minimum Gasteiger partial charge on any atom is -0.321 e. The molecule has 0 bridgehead atoms. The summed E-state index contributed by atoms with van der Waals surface area (Å²) < 4.78 is 11.3. The molecule has 6 heteroatoms. The van der Waals surface area contributed by atoms with E-state index in [1.807, 2.05) is 42.5 Å². The summed E-state index contributed by atoms with van der Waals surface area (Å²) in [6.07, 6.45) is 3.76. The number of aromatic amines is 1. The Kier molecular flexibility index (Phi) is 3.47. The molecule has 1 aromatic heterocycles. The van der Waals surface area contributed by atoms with E-state index in [9.17, 15) is 14.4 Å². The summed E-state index contributed by atoms with van der Waals surface area (Å²) in [5.74, 6) is 0. The van der Waals surface area contributed by atoms with E-state index in [1.54, 1.807) is 6.07 Å². The van der Waals surface area contributed by atoms with Crippen molar-refractivity contribution in [2.45, 2.75) is 0 Å². The summed E-state index contributed by atoms with van der Waals surface area (Å²) >= 11 is 0. The summed E-state index contributed by atoms with van der Waals surface area (Å²) in [5.41, 5.74) is 2.41. The number of rotatable bonds is 3. The highest BCUT2D eigenvalue weighted by Crippen LogP contribution is 2.34. The lowest BCUT2D eigenvalue weighted by Gasteiger charge is -2.03. The summed E-state index contributed by atoms with van der Waals surface area (Å²) in [7, 11) is -4.26. The van der Waals surface area contributed by atoms with Crippen molar-refractivity contribution in [3.05, 3.63) is 59.8 Å². The lowest BCUT2D eigenvalue weighted by atomic mass is 10.1. The van der Waals surface area contributed by atoms with E-state index in [0.29, 0.717) is 16.6 Å². The molecular formula is C15H13N2O3P. The maximum absolute atomic E-state index is 11.3. The second-order valence-corrected chi connectivity index (χ2v) is 6.23. The number of hydrogen-bond donors (Lipinski definition) is 3. The Balaban J connectivity index is 2.03. The fourth-order valence-corrected chi connectivity index (χ4v) is 2.64. The van der Waals surface area contributed by atoms with Gasteiger partial charge in [-0.15, -0.1) is 0 Å². The zero-order chi connectivity index (χ0) is 14.9. The predicted molar refractivity (Wildman–Crippen MR) is 83.1 cm³/mol. The highest BCUT2D eigenvalue weighted by atomic mass is 31.2. The number of benzene rings is 2. The molecule has 0 aliphatic heterocycles. The molecule has 0 spiro atoms. The molecule has 0 fully saturated rings. The number of aromatic nitrogens is 2. The van der Waals surface area contributed by atoms with Crippen LogP contribution in [0, 0.1) is 0 Å². The number of nitrogens with one attached hydrogen (secondary N) is 1. The lowest BCUT2D eigenvalue weighted by molar-refractivity contribution is 0.387. The Morgan fingerprint density at radius 1 is 1.05 bits per heavy atom. The molecule has 1 heterocycles. The van der Waals surface area contributed by atoms with Gasteiger partial charge in [0.1, 0.15) is 0 Å². The highest BCUT2D eigenvalue weighted by Gasteiger charge is 2.18. The molecule has 0 unspecified atom stereocenters. The van der Waals surface area contributed by atoms with E-state index in [-0.39, 0.29) is 5.30 Å². The molecule has 0 saturated carbocycles. The van der Waals surface area contributed by atoms with E-state index in [4.69, 9.17) is 0 Å². The third kappa shape index (κ3) is 2.95. The van der Waals surface area contributed by atoms with E-state index in [1.165, 1.54) is 12.1 Å². The van der Waals surface area contributed by atoms with Crippen LogP contribution in [0.3, 0.4) is 0 Å². The minimum absolute atomic E-state index is 0.00855. The summed E-state index contributed by atoms with van der Waals surface area (Å²) in [6, 6.07) is 14.2. The Morgan fingerprint density at radius 2 is 1.81 bits per heavy atom. The Morgan fingerprint density at radius 3 is 2.52 bits per heavy atom. The van der Waals surface area contributed by atoms with Gasteiger partial charge < -0.3 is 9.79 Å². The second kappa shape index (κ2) is 5.30. The average molecular weight is 300 g/mol. The zero-order valence-corrected chi connectivity index (χ0v) is 11.9. The molecular weight excluding hydrogens is 287 g/mol. The zero-order valence-electron chi connectivity index (χ0n) is 11.0. The number of fused-ring (bicyclic) bond motifs is 1. The summed E-state index contributed by atoms with van der Waals surface area (Å²) in [5, 5.41) is 7.67. The Labute approximate surface area is 121 Å². The van der Waals surface area contributed by atoms with Gasteiger partial charge in [-0.25, -0.2) is 0 Å². The molecule has 0 radical (unpaired) electrons. The maximum Gasteiger partial charge on any atom is 0.356 e. The first kappa shape index (κ1) is 13.8. The first-order valence-electron chi connectivity index (χ1n) is 6.31. The molecule has 3 rings (SSSR count). The molecule has 0 atom stereocenters. The normalized spacial score (nSPS) is 12.3. The molecule has 0 amide bonds. The van der Waals surface area contributed by atoms with Crippen molar-refractivity contribution in [2.75, 3.05) is 0 Å². The van der Waals surface area contributed by atoms with Crippen molar-refractivity contribution in [3.63, 3.8) is 0 Å². The molecule has 21 heavy (non-hydrogen) atoms. The molecule has 0 aliphatic carbocycles. The summed E-state index contributed by atoms with van der Waals surface area (Å²) in [6.45, 7) is 0. The minimum atomic E-state index is -4.26. The van der Waals surface area contributed by atoms with Gasteiger partial charge in [0.05, 0.1) is 16.5 Å². The van der Waals surface area contributed by atoms with Crippen LogP contribution in [0.25, 0.3) is 23.1 Å². The molecule has 2 aromatic carbocycles. The smallest absolute Gasteiger partial charge is 0.321 e. The fourth-order valence-electron chi connectivity index (χ4n) is 2.07. The number of nitrogens with zero attached hydrogens (tertiary/aromatic N) is 1. The van der Waals surface area contributed by atoms with Crippen LogP contribution in [0.15, 0.2) is 48.5 Å². The third-order valence-corrected chi connectivity index (χ3v) is 4.10. The quantitative estimate of drug-likeness (QED) is 0.649. The molecule has 0 aliphatic rings. The van der Waals surface area contributed by atoms with E-state index in [2.05, 4.69) is 10.2 Å².